The molecule has 0 spiro atoms. The van der Waals surface area contributed by atoms with Crippen LogP contribution in [-0.4, -0.2) is 44.6 Å². The minimum atomic E-state index is -3.48. The SMILES string of the molecule is CC(C)(C)OC(=O)N1CC(CNS(=O)(=O)c2ccccc2)C1. The summed E-state index contributed by atoms with van der Waals surface area (Å²) in [6.45, 7) is 6.78. The largest absolute Gasteiger partial charge is 0.444 e. The third kappa shape index (κ3) is 4.45. The van der Waals surface area contributed by atoms with Crippen LogP contribution < -0.4 is 4.72 Å². The highest BCUT2D eigenvalue weighted by Crippen LogP contribution is 2.19. The van der Waals surface area contributed by atoms with E-state index in [1.807, 2.05) is 20.8 Å². The second-order valence-corrected chi connectivity index (χ2v) is 8.18. The van der Waals surface area contributed by atoms with Crippen molar-refractivity contribution in [2.75, 3.05) is 19.6 Å². The molecule has 0 atom stereocenters. The summed E-state index contributed by atoms with van der Waals surface area (Å²) in [6.07, 6.45) is -0.352. The first-order valence-electron chi connectivity index (χ1n) is 7.20. The van der Waals surface area contributed by atoms with Gasteiger partial charge in [0.05, 0.1) is 4.90 Å². The van der Waals surface area contributed by atoms with Crippen LogP contribution in [0.3, 0.4) is 0 Å². The highest BCUT2D eigenvalue weighted by molar-refractivity contribution is 7.89. The molecular formula is C15H22N2O4S. The quantitative estimate of drug-likeness (QED) is 0.916. The Bertz CT molecular complexity index is 617. The Balaban J connectivity index is 1.78. The zero-order valence-corrected chi connectivity index (χ0v) is 13.9. The van der Waals surface area contributed by atoms with Crippen LogP contribution >= 0.6 is 0 Å². The van der Waals surface area contributed by atoms with Gasteiger partial charge in [0, 0.05) is 25.6 Å². The summed E-state index contributed by atoms with van der Waals surface area (Å²) in [5.74, 6) is 0.117. The molecule has 1 aliphatic rings. The first kappa shape index (κ1) is 16.8. The summed E-state index contributed by atoms with van der Waals surface area (Å²) < 4.78 is 32.0. The van der Waals surface area contributed by atoms with Gasteiger partial charge in [0.2, 0.25) is 10.0 Å². The van der Waals surface area contributed by atoms with Crippen LogP contribution in [0.2, 0.25) is 0 Å². The fourth-order valence-electron chi connectivity index (χ4n) is 2.09. The summed E-state index contributed by atoms with van der Waals surface area (Å²) in [5, 5.41) is 0. The Labute approximate surface area is 131 Å². The fraction of sp³-hybridized carbons (Fsp3) is 0.533. The minimum Gasteiger partial charge on any atom is -0.444 e. The van der Waals surface area contributed by atoms with Gasteiger partial charge in [-0.25, -0.2) is 17.9 Å². The molecule has 2 rings (SSSR count). The van der Waals surface area contributed by atoms with E-state index in [-0.39, 0.29) is 16.9 Å². The Kier molecular flexibility index (Phi) is 4.77. The molecule has 1 N–H and O–H groups in total. The average molecular weight is 326 g/mol. The summed E-state index contributed by atoms with van der Waals surface area (Å²) >= 11 is 0. The number of carbonyl (C=O) groups excluding carboxylic acids is 1. The number of nitrogens with one attached hydrogen (secondary N) is 1. The van der Waals surface area contributed by atoms with E-state index in [2.05, 4.69) is 4.72 Å². The van der Waals surface area contributed by atoms with Crippen molar-refractivity contribution in [1.29, 1.82) is 0 Å². The molecule has 1 saturated heterocycles. The summed E-state index contributed by atoms with van der Waals surface area (Å²) in [6, 6.07) is 8.24. The molecule has 0 unspecified atom stereocenters. The Hall–Kier alpha value is -1.60. The molecule has 0 saturated carbocycles. The van der Waals surface area contributed by atoms with E-state index >= 15 is 0 Å². The highest BCUT2D eigenvalue weighted by Gasteiger charge is 2.34. The van der Waals surface area contributed by atoms with E-state index in [1.165, 1.54) is 0 Å². The van der Waals surface area contributed by atoms with Crippen molar-refractivity contribution in [2.24, 2.45) is 5.92 Å². The average Bonchev–Trinajstić information content (AvgIpc) is 2.35. The number of rotatable bonds is 4. The van der Waals surface area contributed by atoms with Crippen molar-refractivity contribution in [3.8, 4) is 0 Å². The lowest BCUT2D eigenvalue weighted by molar-refractivity contribution is -0.0000763. The van der Waals surface area contributed by atoms with Crippen LogP contribution in [-0.2, 0) is 14.8 Å². The van der Waals surface area contributed by atoms with Gasteiger partial charge in [0.25, 0.3) is 0 Å². The van der Waals surface area contributed by atoms with Crippen LogP contribution in [0.15, 0.2) is 35.2 Å². The van der Waals surface area contributed by atoms with Crippen LogP contribution in [0, 0.1) is 5.92 Å². The van der Waals surface area contributed by atoms with Crippen LogP contribution in [0.4, 0.5) is 4.79 Å². The third-order valence-corrected chi connectivity index (χ3v) is 4.66. The van der Waals surface area contributed by atoms with Gasteiger partial charge in [-0.2, -0.15) is 0 Å². The van der Waals surface area contributed by atoms with E-state index in [4.69, 9.17) is 4.74 Å². The number of benzene rings is 1. The highest BCUT2D eigenvalue weighted by atomic mass is 32.2. The Morgan fingerprint density at radius 1 is 1.27 bits per heavy atom. The zero-order valence-electron chi connectivity index (χ0n) is 13.1. The van der Waals surface area contributed by atoms with Crippen LogP contribution in [0.25, 0.3) is 0 Å². The van der Waals surface area contributed by atoms with Gasteiger partial charge in [0.15, 0.2) is 0 Å². The molecule has 1 aliphatic heterocycles. The number of ether oxygens (including phenoxy) is 1. The number of hydrogen-bond acceptors (Lipinski definition) is 4. The second kappa shape index (κ2) is 6.26. The third-order valence-electron chi connectivity index (χ3n) is 3.22. The number of amides is 1. The number of nitrogens with zero attached hydrogens (tertiary/aromatic N) is 1. The van der Waals surface area contributed by atoms with Crippen molar-refractivity contribution in [3.05, 3.63) is 30.3 Å². The van der Waals surface area contributed by atoms with E-state index in [1.54, 1.807) is 35.2 Å². The zero-order chi connectivity index (χ0) is 16.4. The lowest BCUT2D eigenvalue weighted by Gasteiger charge is -2.39. The van der Waals surface area contributed by atoms with Gasteiger partial charge < -0.3 is 9.64 Å². The normalized spacial score (nSPS) is 16.2. The number of hydrogen-bond donors (Lipinski definition) is 1. The maximum atomic E-state index is 12.1. The molecule has 1 heterocycles. The fourth-order valence-corrected chi connectivity index (χ4v) is 3.22. The number of carbonyl (C=O) groups is 1. The molecule has 1 aromatic carbocycles. The van der Waals surface area contributed by atoms with E-state index in [0.29, 0.717) is 19.6 Å². The van der Waals surface area contributed by atoms with Gasteiger partial charge in [-0.3, -0.25) is 0 Å². The Morgan fingerprint density at radius 2 is 1.86 bits per heavy atom. The van der Waals surface area contributed by atoms with E-state index < -0.39 is 15.6 Å². The molecule has 0 aromatic heterocycles. The van der Waals surface area contributed by atoms with Gasteiger partial charge in [-0.1, -0.05) is 18.2 Å². The predicted molar refractivity (Wildman–Crippen MR) is 82.9 cm³/mol. The number of sulfonamides is 1. The molecule has 0 radical (unpaired) electrons. The van der Waals surface area contributed by atoms with Crippen molar-refractivity contribution in [3.63, 3.8) is 0 Å². The lowest BCUT2D eigenvalue weighted by atomic mass is 10.0. The van der Waals surface area contributed by atoms with Crippen LogP contribution in [0.1, 0.15) is 20.8 Å². The topological polar surface area (TPSA) is 75.7 Å². The first-order chi connectivity index (χ1) is 10.2. The maximum absolute atomic E-state index is 12.1. The minimum absolute atomic E-state index is 0.117. The molecule has 1 aromatic rings. The second-order valence-electron chi connectivity index (χ2n) is 6.42. The molecule has 7 heteroatoms. The van der Waals surface area contributed by atoms with Gasteiger partial charge >= 0.3 is 6.09 Å². The first-order valence-corrected chi connectivity index (χ1v) is 8.68. The van der Waals surface area contributed by atoms with E-state index in [0.717, 1.165) is 0 Å². The van der Waals surface area contributed by atoms with E-state index in [9.17, 15) is 13.2 Å². The number of likely N-dealkylation sites (tertiary alicyclic amines) is 1. The van der Waals surface area contributed by atoms with Crippen LogP contribution in [0.5, 0.6) is 0 Å². The summed E-state index contributed by atoms with van der Waals surface area (Å²) in [4.78, 5) is 13.6. The molecular weight excluding hydrogens is 304 g/mol. The Morgan fingerprint density at radius 3 is 2.41 bits per heavy atom. The van der Waals surface area contributed by atoms with Crippen molar-refractivity contribution in [2.45, 2.75) is 31.3 Å². The van der Waals surface area contributed by atoms with Crippen molar-refractivity contribution >= 4 is 16.1 Å². The molecule has 22 heavy (non-hydrogen) atoms. The molecule has 1 amide bonds. The van der Waals surface area contributed by atoms with Gasteiger partial charge in [-0.15, -0.1) is 0 Å². The predicted octanol–water partition coefficient (Wildman–Crippen LogP) is 1.83. The summed E-state index contributed by atoms with van der Waals surface area (Å²) in [5.41, 5.74) is -0.517. The molecule has 0 aliphatic carbocycles. The molecule has 0 bridgehead atoms. The summed E-state index contributed by atoms with van der Waals surface area (Å²) in [7, 11) is -3.48. The molecule has 1 fully saturated rings. The standard InChI is InChI=1S/C15H22N2O4S/c1-15(2,3)21-14(18)17-10-12(11-17)9-16-22(19,20)13-7-5-4-6-8-13/h4-8,12,16H,9-11H2,1-3H3. The monoisotopic (exact) mass is 326 g/mol. The molecule has 6 nitrogen and oxygen atoms in total. The van der Waals surface area contributed by atoms with Gasteiger partial charge in [-0.05, 0) is 32.9 Å². The molecule has 122 valence electrons. The maximum Gasteiger partial charge on any atom is 0.410 e. The van der Waals surface area contributed by atoms with Crippen molar-refractivity contribution in [1.82, 2.24) is 9.62 Å². The van der Waals surface area contributed by atoms with Crippen molar-refractivity contribution < 1.29 is 17.9 Å². The smallest absolute Gasteiger partial charge is 0.410 e. The lowest BCUT2D eigenvalue weighted by Crippen LogP contribution is -2.54. The van der Waals surface area contributed by atoms with Gasteiger partial charge in [0.1, 0.15) is 5.60 Å².